The van der Waals surface area contributed by atoms with E-state index in [0.29, 0.717) is 52.2 Å². The fraction of sp³-hybridized carbons (Fsp3) is 0.143. The monoisotopic (exact) mass is 531 g/mol. The largest absolute Gasteiger partial charge is 0.369 e. The van der Waals surface area contributed by atoms with E-state index in [1.54, 1.807) is 60.7 Å². The number of nitrogens with zero attached hydrogens (tertiary/aromatic N) is 3. The maximum absolute atomic E-state index is 13.3. The quantitative estimate of drug-likeness (QED) is 0.209. The van der Waals surface area contributed by atoms with Gasteiger partial charge in [-0.2, -0.15) is 10.4 Å². The van der Waals surface area contributed by atoms with Crippen LogP contribution in [0.25, 0.3) is 5.69 Å². The lowest BCUT2D eigenvalue weighted by molar-refractivity contribution is 0.0952. The Kier molecular flexibility index (Phi) is 8.24. The van der Waals surface area contributed by atoms with Gasteiger partial charge in [-0.25, -0.2) is 4.68 Å². The Labute approximate surface area is 224 Å². The molecule has 0 radical (unpaired) electrons. The van der Waals surface area contributed by atoms with Crippen molar-refractivity contribution in [1.82, 2.24) is 15.1 Å². The number of nitrogens with one attached hydrogen (secondary N) is 2. The number of rotatable bonds is 9. The molecule has 0 fully saturated rings. The molecule has 0 aliphatic rings. The highest BCUT2D eigenvalue weighted by Crippen LogP contribution is 2.26. The minimum absolute atomic E-state index is 0.0554. The third-order valence-corrected chi connectivity index (χ3v) is 6.14. The summed E-state index contributed by atoms with van der Waals surface area (Å²) in [6.45, 7) is 2.76. The van der Waals surface area contributed by atoms with Crippen LogP contribution in [0.2, 0.25) is 10.0 Å². The van der Waals surface area contributed by atoms with Gasteiger partial charge in [0.05, 0.1) is 5.69 Å². The van der Waals surface area contributed by atoms with E-state index in [9.17, 15) is 14.9 Å². The summed E-state index contributed by atoms with van der Waals surface area (Å²) in [4.78, 5) is 25.6. The first kappa shape index (κ1) is 26.0. The molecule has 3 aromatic carbocycles. The van der Waals surface area contributed by atoms with Crippen molar-refractivity contribution in [3.8, 4) is 11.8 Å². The molecular weight excluding hydrogens is 509 g/mol. The molecule has 0 unspecified atom stereocenters. The first-order chi connectivity index (χ1) is 17.9. The average molecular weight is 532 g/mol. The molecule has 0 spiro atoms. The van der Waals surface area contributed by atoms with Crippen molar-refractivity contribution in [3.63, 3.8) is 0 Å². The van der Waals surface area contributed by atoms with Gasteiger partial charge >= 0.3 is 0 Å². The van der Waals surface area contributed by atoms with Gasteiger partial charge in [-0.1, -0.05) is 53.0 Å². The van der Waals surface area contributed by atoms with Crippen LogP contribution in [0.3, 0.4) is 0 Å². The lowest BCUT2D eigenvalue weighted by Crippen LogP contribution is -2.26. The molecule has 1 heterocycles. The van der Waals surface area contributed by atoms with Gasteiger partial charge in [0, 0.05) is 34.3 Å². The minimum atomic E-state index is -0.345. The van der Waals surface area contributed by atoms with E-state index in [-0.39, 0.29) is 22.9 Å². The Balaban J connectivity index is 1.53. The average Bonchev–Trinajstić information content (AvgIpc) is 3.27. The number of anilines is 1. The van der Waals surface area contributed by atoms with Crippen LogP contribution in [0.15, 0.2) is 72.8 Å². The highest BCUT2D eigenvalue weighted by atomic mass is 35.5. The lowest BCUT2D eigenvalue weighted by atomic mass is 10.0. The van der Waals surface area contributed by atoms with Gasteiger partial charge in [0.15, 0.2) is 5.69 Å². The molecule has 37 heavy (non-hydrogen) atoms. The van der Waals surface area contributed by atoms with Crippen LogP contribution >= 0.6 is 23.2 Å². The normalized spacial score (nSPS) is 10.5. The van der Waals surface area contributed by atoms with Crippen LogP contribution in [0.5, 0.6) is 0 Å². The summed E-state index contributed by atoms with van der Waals surface area (Å²) in [5.74, 6) is -0.154. The summed E-state index contributed by atoms with van der Waals surface area (Å²) in [5.41, 5.74) is 2.82. The molecule has 186 valence electrons. The van der Waals surface area contributed by atoms with Crippen LogP contribution in [-0.2, 0) is 0 Å². The molecule has 0 aliphatic carbocycles. The van der Waals surface area contributed by atoms with Gasteiger partial charge in [0.1, 0.15) is 17.5 Å². The number of hydrogen-bond acceptors (Lipinski definition) is 5. The molecular formula is C28H23Cl2N5O2. The summed E-state index contributed by atoms with van der Waals surface area (Å²) in [7, 11) is 0. The molecule has 0 bridgehead atoms. The molecule has 0 saturated carbocycles. The number of ketones is 1. The molecule has 1 aromatic heterocycles. The van der Waals surface area contributed by atoms with Crippen molar-refractivity contribution in [2.45, 2.75) is 13.3 Å². The zero-order valence-corrected chi connectivity index (χ0v) is 21.5. The van der Waals surface area contributed by atoms with E-state index < -0.39 is 0 Å². The van der Waals surface area contributed by atoms with Crippen molar-refractivity contribution in [3.05, 3.63) is 111 Å². The molecule has 4 aromatic rings. The molecule has 0 atom stereocenters. The lowest BCUT2D eigenvalue weighted by Gasteiger charge is -2.11. The van der Waals surface area contributed by atoms with Gasteiger partial charge in [-0.05, 0) is 61.9 Å². The predicted molar refractivity (Wildman–Crippen MR) is 145 cm³/mol. The van der Waals surface area contributed by atoms with Crippen LogP contribution in [0, 0.1) is 18.3 Å². The van der Waals surface area contributed by atoms with Crippen LogP contribution in [-0.4, -0.2) is 34.6 Å². The van der Waals surface area contributed by atoms with Crippen molar-refractivity contribution in [1.29, 1.82) is 5.26 Å². The number of aryl methyl sites for hydroxylation is 1. The first-order valence-corrected chi connectivity index (χ1v) is 12.3. The Bertz CT molecular complexity index is 1450. The maximum Gasteiger partial charge on any atom is 0.251 e. The van der Waals surface area contributed by atoms with E-state index in [1.165, 1.54) is 4.68 Å². The Morgan fingerprint density at radius 1 is 0.892 bits per heavy atom. The second-order valence-electron chi connectivity index (χ2n) is 8.31. The second kappa shape index (κ2) is 11.7. The minimum Gasteiger partial charge on any atom is -0.369 e. The number of hydrogen-bond donors (Lipinski definition) is 2. The second-order valence-corrected chi connectivity index (χ2v) is 9.18. The SMILES string of the molecule is Cc1ccc(C(=O)c2nn(-c3ccc(Cl)cc3)c(NCCCNC(=O)c3ccc(Cl)cc3)c2C#N)cc1. The fourth-order valence-electron chi connectivity index (χ4n) is 3.66. The van der Waals surface area contributed by atoms with E-state index >= 15 is 0 Å². The van der Waals surface area contributed by atoms with Crippen molar-refractivity contribution < 1.29 is 9.59 Å². The smallest absolute Gasteiger partial charge is 0.251 e. The highest BCUT2D eigenvalue weighted by molar-refractivity contribution is 6.30. The molecule has 4 rings (SSSR count). The van der Waals surface area contributed by atoms with Crippen LogP contribution in [0.4, 0.5) is 5.82 Å². The number of nitriles is 1. The van der Waals surface area contributed by atoms with Gasteiger partial charge < -0.3 is 10.6 Å². The van der Waals surface area contributed by atoms with E-state index in [2.05, 4.69) is 21.8 Å². The number of amides is 1. The summed E-state index contributed by atoms with van der Waals surface area (Å²) >= 11 is 11.9. The molecule has 7 nitrogen and oxygen atoms in total. The van der Waals surface area contributed by atoms with Crippen molar-refractivity contribution in [2.75, 3.05) is 18.4 Å². The zero-order chi connectivity index (χ0) is 26.4. The van der Waals surface area contributed by atoms with Crippen LogP contribution < -0.4 is 10.6 Å². The summed E-state index contributed by atoms with van der Waals surface area (Å²) in [6, 6.07) is 22.8. The molecule has 0 saturated heterocycles. The Morgan fingerprint density at radius 3 is 2.11 bits per heavy atom. The maximum atomic E-state index is 13.3. The van der Waals surface area contributed by atoms with Crippen molar-refractivity contribution in [2.24, 2.45) is 0 Å². The fourth-order valence-corrected chi connectivity index (χ4v) is 3.91. The number of carbonyl (C=O) groups excluding carboxylic acids is 2. The summed E-state index contributed by atoms with van der Waals surface area (Å²) in [5, 5.41) is 21.7. The van der Waals surface area contributed by atoms with E-state index in [1.807, 2.05) is 19.1 Å². The standard InChI is InChI=1S/C28H23Cl2N5O2/c1-18-3-5-19(6-4-18)26(36)25-24(17-31)27(35(34-25)23-13-11-22(30)12-14-23)32-15-2-16-33-28(37)20-7-9-21(29)10-8-20/h3-14,32H,2,15-16H2,1H3,(H,33,37). The van der Waals surface area contributed by atoms with E-state index in [0.717, 1.165) is 5.56 Å². The molecule has 0 aliphatic heterocycles. The topological polar surface area (TPSA) is 99.8 Å². The predicted octanol–water partition coefficient (Wildman–Crippen LogP) is 5.82. The first-order valence-electron chi connectivity index (χ1n) is 11.6. The molecule has 1 amide bonds. The number of halogens is 2. The third kappa shape index (κ3) is 6.18. The van der Waals surface area contributed by atoms with Gasteiger partial charge in [0.25, 0.3) is 5.91 Å². The van der Waals surface area contributed by atoms with E-state index in [4.69, 9.17) is 23.2 Å². The van der Waals surface area contributed by atoms with Gasteiger partial charge in [-0.15, -0.1) is 0 Å². The third-order valence-electron chi connectivity index (χ3n) is 5.64. The summed E-state index contributed by atoms with van der Waals surface area (Å²) < 4.78 is 1.53. The number of aromatic nitrogens is 2. The number of benzene rings is 3. The molecule has 9 heteroatoms. The van der Waals surface area contributed by atoms with Crippen LogP contribution in [0.1, 0.15) is 44.0 Å². The van der Waals surface area contributed by atoms with Gasteiger partial charge in [-0.3, -0.25) is 9.59 Å². The van der Waals surface area contributed by atoms with Gasteiger partial charge in [0.2, 0.25) is 5.78 Å². The zero-order valence-electron chi connectivity index (χ0n) is 20.0. The summed E-state index contributed by atoms with van der Waals surface area (Å²) in [6.07, 6.45) is 0.567. The highest BCUT2D eigenvalue weighted by Gasteiger charge is 2.25. The Hall–Kier alpha value is -4.12. The van der Waals surface area contributed by atoms with Crippen molar-refractivity contribution >= 4 is 40.7 Å². The Morgan fingerprint density at radius 2 is 1.49 bits per heavy atom. The molecule has 2 N–H and O–H groups in total. The number of carbonyl (C=O) groups is 2.